The number of carbonyl (C=O) groups is 1. The molecule has 23 heavy (non-hydrogen) atoms. The highest BCUT2D eigenvalue weighted by molar-refractivity contribution is 6.31. The van der Waals surface area contributed by atoms with E-state index in [0.717, 1.165) is 26.7 Å². The van der Waals surface area contributed by atoms with Gasteiger partial charge in [-0.3, -0.25) is 0 Å². The molecule has 0 spiro atoms. The summed E-state index contributed by atoms with van der Waals surface area (Å²) in [6.07, 6.45) is 4.24. The van der Waals surface area contributed by atoms with Crippen molar-refractivity contribution in [1.82, 2.24) is 0 Å². The van der Waals surface area contributed by atoms with E-state index in [1.165, 1.54) is 0 Å². The van der Waals surface area contributed by atoms with Crippen LogP contribution >= 0.6 is 23.2 Å². The Morgan fingerprint density at radius 2 is 1.39 bits per heavy atom. The van der Waals surface area contributed by atoms with Crippen LogP contribution < -0.4 is 0 Å². The molecule has 0 aliphatic heterocycles. The predicted octanol–water partition coefficient (Wildman–Crippen LogP) is 6.22. The topological polar surface area (TPSA) is 57.5 Å². The van der Waals surface area contributed by atoms with Crippen LogP contribution in [-0.4, -0.2) is 16.4 Å². The minimum atomic E-state index is -1.83. The van der Waals surface area contributed by atoms with Gasteiger partial charge < -0.3 is 10.2 Å². The molecule has 0 fully saturated rings. The maximum atomic E-state index is 8.56. The van der Waals surface area contributed by atoms with Crippen molar-refractivity contribution in [3.63, 3.8) is 0 Å². The molecule has 0 heterocycles. The second-order valence-electron chi connectivity index (χ2n) is 4.41. The molecule has 0 unspecified atom stereocenters. The van der Waals surface area contributed by atoms with Crippen molar-refractivity contribution >= 4 is 34.9 Å². The quantitative estimate of drug-likeness (QED) is 0.645. The van der Waals surface area contributed by atoms with Crippen LogP contribution in [0.15, 0.2) is 66.8 Å². The number of benzene rings is 2. The summed E-state index contributed by atoms with van der Waals surface area (Å²) >= 11 is 12.1. The Balaban J connectivity index is 0.000000593. The lowest BCUT2D eigenvalue weighted by molar-refractivity contribution is 0.137. The number of rotatable bonds is 3. The molecular formula is C18H16Cl2O3. The minimum Gasteiger partial charge on any atom is -0.450 e. The molecule has 0 bridgehead atoms. The number of carboxylic acid groups (broad SMARTS) is 2. The van der Waals surface area contributed by atoms with Crippen LogP contribution in [0.3, 0.4) is 0 Å². The molecule has 2 aromatic rings. The van der Waals surface area contributed by atoms with Crippen LogP contribution in [0.2, 0.25) is 10.0 Å². The third-order valence-electron chi connectivity index (χ3n) is 2.73. The number of hydrogen-bond donors (Lipinski definition) is 2. The lowest BCUT2D eigenvalue weighted by atomic mass is 9.97. The maximum Gasteiger partial charge on any atom is 0.503 e. The van der Waals surface area contributed by atoms with Gasteiger partial charge in [0, 0.05) is 10.0 Å². The van der Waals surface area contributed by atoms with E-state index in [4.69, 9.17) is 38.2 Å². The van der Waals surface area contributed by atoms with Gasteiger partial charge in [-0.1, -0.05) is 65.7 Å². The summed E-state index contributed by atoms with van der Waals surface area (Å²) in [4.78, 5) is 8.56. The van der Waals surface area contributed by atoms with E-state index in [0.29, 0.717) is 0 Å². The third-order valence-corrected chi connectivity index (χ3v) is 3.20. The molecule has 0 aliphatic rings. The molecule has 0 radical (unpaired) electrons. The van der Waals surface area contributed by atoms with Gasteiger partial charge in [0.15, 0.2) is 0 Å². The molecule has 120 valence electrons. The fraction of sp³-hybridized carbons (Fsp3) is 0.0556. The van der Waals surface area contributed by atoms with Gasteiger partial charge in [0.2, 0.25) is 0 Å². The molecule has 0 aliphatic carbocycles. The molecule has 0 atom stereocenters. The summed E-state index contributed by atoms with van der Waals surface area (Å²) in [5, 5.41) is 15.4. The third kappa shape index (κ3) is 7.04. The van der Waals surface area contributed by atoms with Gasteiger partial charge in [0.25, 0.3) is 0 Å². The zero-order valence-electron chi connectivity index (χ0n) is 12.4. The summed E-state index contributed by atoms with van der Waals surface area (Å²) in [6.45, 7) is 1.99. The SMILES string of the molecule is C/C=C\C=C(c1cccc(Cl)c1)c1cccc(Cl)c1.O=C(O)O. The first-order valence-electron chi connectivity index (χ1n) is 6.70. The van der Waals surface area contributed by atoms with Gasteiger partial charge in [0.05, 0.1) is 0 Å². The zero-order chi connectivity index (χ0) is 17.2. The van der Waals surface area contributed by atoms with Crippen molar-refractivity contribution in [3.05, 3.63) is 87.9 Å². The Labute approximate surface area is 145 Å². The molecule has 2 aromatic carbocycles. The smallest absolute Gasteiger partial charge is 0.450 e. The summed E-state index contributed by atoms with van der Waals surface area (Å²) in [7, 11) is 0. The van der Waals surface area contributed by atoms with E-state index < -0.39 is 6.16 Å². The lowest BCUT2D eigenvalue weighted by Gasteiger charge is -2.08. The van der Waals surface area contributed by atoms with E-state index >= 15 is 0 Å². The van der Waals surface area contributed by atoms with E-state index in [9.17, 15) is 0 Å². The first-order valence-corrected chi connectivity index (χ1v) is 7.46. The van der Waals surface area contributed by atoms with Crippen molar-refractivity contribution in [3.8, 4) is 0 Å². The maximum absolute atomic E-state index is 8.56. The predicted molar refractivity (Wildman–Crippen MR) is 95.5 cm³/mol. The highest BCUT2D eigenvalue weighted by atomic mass is 35.5. The first-order chi connectivity index (χ1) is 10.9. The molecule has 0 aromatic heterocycles. The van der Waals surface area contributed by atoms with E-state index in [1.54, 1.807) is 0 Å². The molecule has 5 heteroatoms. The lowest BCUT2D eigenvalue weighted by Crippen LogP contribution is -1.88. The van der Waals surface area contributed by atoms with Crippen molar-refractivity contribution in [2.75, 3.05) is 0 Å². The summed E-state index contributed by atoms with van der Waals surface area (Å²) < 4.78 is 0. The summed E-state index contributed by atoms with van der Waals surface area (Å²) in [5.41, 5.74) is 3.25. The normalized spacial score (nSPS) is 9.87. The van der Waals surface area contributed by atoms with Gasteiger partial charge in [-0.15, -0.1) is 0 Å². The number of halogens is 2. The largest absolute Gasteiger partial charge is 0.503 e. The van der Waals surface area contributed by atoms with Crippen LogP contribution in [0, 0.1) is 0 Å². The van der Waals surface area contributed by atoms with Crippen molar-refractivity contribution in [2.45, 2.75) is 6.92 Å². The summed E-state index contributed by atoms with van der Waals surface area (Å²) in [6, 6.07) is 15.6. The molecule has 0 amide bonds. The minimum absolute atomic E-state index is 0.728. The second kappa shape index (κ2) is 9.72. The van der Waals surface area contributed by atoms with E-state index in [-0.39, 0.29) is 0 Å². The average molecular weight is 351 g/mol. The Bertz CT molecular complexity index is 670. The van der Waals surface area contributed by atoms with Crippen LogP contribution in [0.1, 0.15) is 18.1 Å². The van der Waals surface area contributed by atoms with Gasteiger partial charge in [0.1, 0.15) is 0 Å². The Kier molecular flexibility index (Phi) is 7.95. The Hall–Kier alpha value is -2.23. The Morgan fingerprint density at radius 3 is 1.74 bits per heavy atom. The molecular weight excluding hydrogens is 335 g/mol. The number of hydrogen-bond acceptors (Lipinski definition) is 1. The highest BCUT2D eigenvalue weighted by Gasteiger charge is 2.05. The molecule has 2 rings (SSSR count). The fourth-order valence-electron chi connectivity index (χ4n) is 1.86. The monoisotopic (exact) mass is 350 g/mol. The van der Waals surface area contributed by atoms with Crippen LogP contribution in [-0.2, 0) is 0 Å². The standard InChI is InChI=1S/C17H14Cl2.CH2O3/c1-2-3-10-17(13-6-4-8-15(18)11-13)14-7-5-9-16(19)12-14;2-1(3)4/h2-12H,1H3;(H2,2,3,4)/b3-2-;. The van der Waals surface area contributed by atoms with Gasteiger partial charge in [-0.2, -0.15) is 0 Å². The number of allylic oxidation sites excluding steroid dienone is 3. The zero-order valence-corrected chi connectivity index (χ0v) is 13.9. The molecule has 0 saturated heterocycles. The van der Waals surface area contributed by atoms with Crippen LogP contribution in [0.5, 0.6) is 0 Å². The van der Waals surface area contributed by atoms with Crippen molar-refractivity contribution in [1.29, 1.82) is 0 Å². The molecule has 2 N–H and O–H groups in total. The fourth-order valence-corrected chi connectivity index (χ4v) is 2.24. The van der Waals surface area contributed by atoms with E-state index in [1.807, 2.05) is 67.6 Å². The van der Waals surface area contributed by atoms with Crippen molar-refractivity contribution < 1.29 is 15.0 Å². The van der Waals surface area contributed by atoms with E-state index in [2.05, 4.69) is 6.08 Å². The summed E-state index contributed by atoms with van der Waals surface area (Å²) in [5.74, 6) is 0. The first kappa shape index (κ1) is 18.8. The van der Waals surface area contributed by atoms with Crippen LogP contribution in [0.25, 0.3) is 5.57 Å². The molecule has 0 saturated carbocycles. The van der Waals surface area contributed by atoms with Gasteiger partial charge in [-0.25, -0.2) is 4.79 Å². The van der Waals surface area contributed by atoms with Crippen LogP contribution in [0.4, 0.5) is 4.79 Å². The average Bonchev–Trinajstić information content (AvgIpc) is 2.47. The second-order valence-corrected chi connectivity index (χ2v) is 5.28. The van der Waals surface area contributed by atoms with Gasteiger partial charge in [-0.05, 0) is 47.9 Å². The van der Waals surface area contributed by atoms with Crippen molar-refractivity contribution in [2.24, 2.45) is 0 Å². The molecule has 3 nitrogen and oxygen atoms in total. The highest BCUT2D eigenvalue weighted by Crippen LogP contribution is 2.27. The van der Waals surface area contributed by atoms with Gasteiger partial charge >= 0.3 is 6.16 Å². The Morgan fingerprint density at radius 1 is 0.957 bits per heavy atom.